The number of Topliss-reactive ketones (excluding diaryl/α,β-unsaturated/α-hetero) is 1. The van der Waals surface area contributed by atoms with Gasteiger partial charge in [-0.15, -0.1) is 0 Å². The molecule has 2 heterocycles. The van der Waals surface area contributed by atoms with Gasteiger partial charge in [0.2, 0.25) is 5.78 Å². The van der Waals surface area contributed by atoms with Crippen LogP contribution in [0, 0.1) is 0 Å². The van der Waals surface area contributed by atoms with Crippen LogP contribution < -0.4 is 0 Å². The van der Waals surface area contributed by atoms with Crippen LogP contribution in [0.15, 0.2) is 93.1 Å². The van der Waals surface area contributed by atoms with E-state index in [0.717, 1.165) is 4.90 Å². The van der Waals surface area contributed by atoms with Gasteiger partial charge in [0.15, 0.2) is 11.6 Å². The molecule has 0 unspecified atom stereocenters. The first-order chi connectivity index (χ1) is 15.6. The molecule has 4 nitrogen and oxygen atoms in total. The monoisotopic (exact) mass is 434 g/mol. The molecule has 0 atom stereocenters. The SMILES string of the molecule is O=C1/C(=C\c2ccc(-c3ccc4c(c3)C(=O)c3ccccc3C4=O)o2)Sc2ccccc21. The molecule has 0 saturated heterocycles. The number of hydrogen-bond acceptors (Lipinski definition) is 5. The number of rotatable bonds is 2. The normalized spacial score (nSPS) is 15.6. The standard InChI is InChI=1S/C27H14O4S/c28-25-17-5-1-2-6-18(17)26(29)21-13-15(9-11-19(21)25)22-12-10-16(31-22)14-24-27(30)20-7-3-4-8-23(20)32-24/h1-14H/b24-14+. The summed E-state index contributed by atoms with van der Waals surface area (Å²) in [5, 5.41) is 0. The quantitative estimate of drug-likeness (QED) is 0.316. The zero-order valence-corrected chi connectivity index (χ0v) is 17.4. The molecule has 0 radical (unpaired) electrons. The third kappa shape index (κ3) is 2.82. The molecule has 6 rings (SSSR count). The summed E-state index contributed by atoms with van der Waals surface area (Å²) >= 11 is 1.43. The molecule has 0 N–H and O–H groups in total. The Bertz CT molecular complexity index is 1510. The third-order valence-corrected chi connectivity index (χ3v) is 6.78. The van der Waals surface area contributed by atoms with Crippen LogP contribution in [0.5, 0.6) is 0 Å². The number of carbonyl (C=O) groups excluding carboxylic acids is 3. The Morgan fingerprint density at radius 3 is 2.03 bits per heavy atom. The van der Waals surface area contributed by atoms with Crippen molar-refractivity contribution in [3.63, 3.8) is 0 Å². The Morgan fingerprint density at radius 1 is 0.625 bits per heavy atom. The first-order valence-corrected chi connectivity index (χ1v) is 10.9. The molecule has 2 aliphatic rings. The fourth-order valence-electron chi connectivity index (χ4n) is 4.10. The minimum Gasteiger partial charge on any atom is -0.457 e. The maximum absolute atomic E-state index is 13.0. The highest BCUT2D eigenvalue weighted by molar-refractivity contribution is 8.04. The van der Waals surface area contributed by atoms with Crippen LogP contribution in [-0.4, -0.2) is 17.3 Å². The molecule has 1 aliphatic carbocycles. The number of allylic oxidation sites excluding steroid dienone is 1. The summed E-state index contributed by atoms with van der Waals surface area (Å²) in [4.78, 5) is 39.9. The Kier molecular flexibility index (Phi) is 4.13. The second-order valence-corrected chi connectivity index (χ2v) is 8.69. The molecule has 3 aromatic carbocycles. The zero-order valence-electron chi connectivity index (χ0n) is 16.6. The van der Waals surface area contributed by atoms with E-state index in [1.807, 2.05) is 24.3 Å². The van der Waals surface area contributed by atoms with Crippen molar-refractivity contribution in [2.45, 2.75) is 4.90 Å². The van der Waals surface area contributed by atoms with Gasteiger partial charge in [-0.1, -0.05) is 54.2 Å². The molecular formula is C27H14O4S. The van der Waals surface area contributed by atoms with Gasteiger partial charge in [0.05, 0.1) is 4.91 Å². The lowest BCUT2D eigenvalue weighted by atomic mass is 9.83. The summed E-state index contributed by atoms with van der Waals surface area (Å²) in [5.74, 6) is 0.778. The van der Waals surface area contributed by atoms with E-state index in [2.05, 4.69) is 0 Å². The highest BCUT2D eigenvalue weighted by atomic mass is 32.2. The average Bonchev–Trinajstić information content (AvgIpc) is 3.42. The van der Waals surface area contributed by atoms with Gasteiger partial charge in [0.1, 0.15) is 11.5 Å². The molecule has 152 valence electrons. The Balaban J connectivity index is 1.34. The molecule has 0 spiro atoms. The number of thioether (sulfide) groups is 1. The fraction of sp³-hybridized carbons (Fsp3) is 0. The van der Waals surface area contributed by atoms with Crippen molar-refractivity contribution in [2.75, 3.05) is 0 Å². The number of fused-ring (bicyclic) bond motifs is 3. The lowest BCUT2D eigenvalue weighted by molar-refractivity contribution is 0.0979. The summed E-state index contributed by atoms with van der Waals surface area (Å²) in [7, 11) is 0. The Hall–Kier alpha value is -3.96. The minimum absolute atomic E-state index is 0.0138. The molecule has 1 aliphatic heterocycles. The van der Waals surface area contributed by atoms with Crippen LogP contribution >= 0.6 is 11.8 Å². The fourth-order valence-corrected chi connectivity index (χ4v) is 5.14. The van der Waals surface area contributed by atoms with Crippen molar-refractivity contribution < 1.29 is 18.8 Å². The third-order valence-electron chi connectivity index (χ3n) is 5.69. The minimum atomic E-state index is -0.170. The van der Waals surface area contributed by atoms with Crippen molar-refractivity contribution >= 4 is 35.2 Å². The van der Waals surface area contributed by atoms with E-state index in [1.54, 1.807) is 60.7 Å². The van der Waals surface area contributed by atoms with Crippen molar-refractivity contribution in [2.24, 2.45) is 0 Å². The van der Waals surface area contributed by atoms with E-state index in [-0.39, 0.29) is 17.3 Å². The van der Waals surface area contributed by atoms with Gasteiger partial charge in [-0.2, -0.15) is 0 Å². The molecule has 5 heteroatoms. The lowest BCUT2D eigenvalue weighted by Crippen LogP contribution is -2.20. The van der Waals surface area contributed by atoms with Crippen molar-refractivity contribution in [1.82, 2.24) is 0 Å². The van der Waals surface area contributed by atoms with Crippen molar-refractivity contribution in [3.8, 4) is 11.3 Å². The summed E-state index contributed by atoms with van der Waals surface area (Å²) in [5.41, 5.74) is 3.03. The maximum Gasteiger partial charge on any atom is 0.200 e. The van der Waals surface area contributed by atoms with Crippen LogP contribution in [-0.2, 0) is 0 Å². The molecule has 0 fully saturated rings. The predicted octanol–water partition coefficient (Wildman–Crippen LogP) is 6.05. The number of carbonyl (C=O) groups is 3. The van der Waals surface area contributed by atoms with Crippen LogP contribution in [0.1, 0.15) is 48.0 Å². The molecular weight excluding hydrogens is 420 g/mol. The summed E-state index contributed by atoms with van der Waals surface area (Å²) in [6.45, 7) is 0. The van der Waals surface area contributed by atoms with Crippen molar-refractivity contribution in [1.29, 1.82) is 0 Å². The Morgan fingerprint density at radius 2 is 1.28 bits per heavy atom. The van der Waals surface area contributed by atoms with Crippen LogP contribution in [0.2, 0.25) is 0 Å². The predicted molar refractivity (Wildman–Crippen MR) is 122 cm³/mol. The number of ketones is 3. The highest BCUT2D eigenvalue weighted by Gasteiger charge is 2.30. The van der Waals surface area contributed by atoms with Gasteiger partial charge in [-0.3, -0.25) is 14.4 Å². The largest absolute Gasteiger partial charge is 0.457 e. The molecule has 32 heavy (non-hydrogen) atoms. The van der Waals surface area contributed by atoms with Gasteiger partial charge in [0.25, 0.3) is 0 Å². The molecule has 1 aromatic heterocycles. The summed E-state index contributed by atoms with van der Waals surface area (Å²) < 4.78 is 5.96. The second kappa shape index (κ2) is 7.04. The van der Waals surface area contributed by atoms with E-state index in [1.165, 1.54) is 11.8 Å². The van der Waals surface area contributed by atoms with Crippen LogP contribution in [0.3, 0.4) is 0 Å². The van der Waals surface area contributed by atoms with E-state index in [4.69, 9.17) is 4.42 Å². The first kappa shape index (κ1) is 18.8. The van der Waals surface area contributed by atoms with Gasteiger partial charge in [-0.05, 0) is 42.5 Å². The smallest absolute Gasteiger partial charge is 0.200 e. The topological polar surface area (TPSA) is 64.3 Å². The zero-order chi connectivity index (χ0) is 21.8. The number of hydrogen-bond donors (Lipinski definition) is 0. The van der Waals surface area contributed by atoms with Crippen molar-refractivity contribution in [3.05, 3.63) is 117 Å². The lowest BCUT2D eigenvalue weighted by Gasteiger charge is -2.17. The average molecular weight is 434 g/mol. The first-order valence-electron chi connectivity index (χ1n) is 10.1. The van der Waals surface area contributed by atoms with Crippen LogP contribution in [0.25, 0.3) is 17.4 Å². The van der Waals surface area contributed by atoms with Gasteiger partial charge in [-0.25, -0.2) is 0 Å². The molecule has 0 bridgehead atoms. The summed E-state index contributed by atoms with van der Waals surface area (Å²) in [6, 6.07) is 23.1. The molecule has 4 aromatic rings. The highest BCUT2D eigenvalue weighted by Crippen LogP contribution is 2.41. The summed E-state index contributed by atoms with van der Waals surface area (Å²) in [6.07, 6.45) is 1.74. The maximum atomic E-state index is 13.0. The second-order valence-electron chi connectivity index (χ2n) is 7.60. The number of benzene rings is 3. The Labute approximate surface area is 187 Å². The molecule has 0 amide bonds. The van der Waals surface area contributed by atoms with E-state index in [0.29, 0.717) is 49.8 Å². The van der Waals surface area contributed by atoms with Crippen LogP contribution in [0.4, 0.5) is 0 Å². The van der Waals surface area contributed by atoms with E-state index in [9.17, 15) is 14.4 Å². The van der Waals surface area contributed by atoms with Gasteiger partial charge >= 0.3 is 0 Å². The molecule has 0 saturated carbocycles. The van der Waals surface area contributed by atoms with E-state index < -0.39 is 0 Å². The van der Waals surface area contributed by atoms with Gasteiger partial charge in [0, 0.05) is 38.3 Å². The van der Waals surface area contributed by atoms with Gasteiger partial charge < -0.3 is 4.42 Å². The number of furan rings is 1. The van der Waals surface area contributed by atoms with E-state index >= 15 is 0 Å².